The van der Waals surface area contributed by atoms with E-state index in [0.717, 1.165) is 15.7 Å². The van der Waals surface area contributed by atoms with Crippen LogP contribution in [0, 0.1) is 6.92 Å². The van der Waals surface area contributed by atoms with Crippen LogP contribution < -0.4 is 10.6 Å². The molecule has 1 heterocycles. The lowest BCUT2D eigenvalue weighted by Crippen LogP contribution is -2.33. The number of hydrogen-bond acceptors (Lipinski definition) is 3. The van der Waals surface area contributed by atoms with Gasteiger partial charge in [-0.25, -0.2) is 0 Å². The van der Waals surface area contributed by atoms with E-state index in [-0.39, 0.29) is 24.1 Å². The molecule has 0 saturated heterocycles. The molecule has 1 aromatic heterocycles. The maximum Gasteiger partial charge on any atom is 0.270 e. The zero-order valence-corrected chi connectivity index (χ0v) is 13.0. The SMILES string of the molecule is Cc1cc(Br)ccc1NC(=O)CNC(=O)c1ccccn1. The predicted octanol–water partition coefficient (Wildman–Crippen LogP) is 2.52. The van der Waals surface area contributed by atoms with E-state index in [9.17, 15) is 9.59 Å². The number of carbonyl (C=O) groups is 2. The highest BCUT2D eigenvalue weighted by molar-refractivity contribution is 9.10. The van der Waals surface area contributed by atoms with Crippen LogP contribution in [0.2, 0.25) is 0 Å². The molecule has 0 aliphatic heterocycles. The first-order valence-electron chi connectivity index (χ1n) is 6.31. The number of halogens is 1. The normalized spacial score (nSPS) is 10.0. The Hall–Kier alpha value is -2.21. The van der Waals surface area contributed by atoms with Crippen molar-refractivity contribution in [3.63, 3.8) is 0 Å². The fraction of sp³-hybridized carbons (Fsp3) is 0.133. The number of rotatable bonds is 4. The number of carbonyl (C=O) groups excluding carboxylic acids is 2. The van der Waals surface area contributed by atoms with Gasteiger partial charge in [0.1, 0.15) is 5.69 Å². The molecule has 6 heteroatoms. The van der Waals surface area contributed by atoms with Gasteiger partial charge >= 0.3 is 0 Å². The molecule has 0 aliphatic carbocycles. The molecule has 0 saturated carbocycles. The number of nitrogens with one attached hydrogen (secondary N) is 2. The molecule has 2 aromatic rings. The number of benzene rings is 1. The molecule has 0 unspecified atom stereocenters. The van der Waals surface area contributed by atoms with Crippen molar-refractivity contribution >= 4 is 33.4 Å². The van der Waals surface area contributed by atoms with Crippen molar-refractivity contribution in [2.45, 2.75) is 6.92 Å². The summed E-state index contributed by atoms with van der Waals surface area (Å²) in [6, 6.07) is 10.6. The lowest BCUT2D eigenvalue weighted by molar-refractivity contribution is -0.115. The Labute approximate surface area is 130 Å². The van der Waals surface area contributed by atoms with Crippen molar-refractivity contribution in [3.05, 3.63) is 58.3 Å². The Kier molecular flexibility index (Phi) is 5.05. The van der Waals surface area contributed by atoms with E-state index in [1.165, 1.54) is 6.20 Å². The van der Waals surface area contributed by atoms with Crippen molar-refractivity contribution in [3.8, 4) is 0 Å². The van der Waals surface area contributed by atoms with Crippen molar-refractivity contribution in [1.82, 2.24) is 10.3 Å². The molecule has 2 N–H and O–H groups in total. The maximum atomic E-state index is 11.8. The van der Waals surface area contributed by atoms with Gasteiger partial charge in [0, 0.05) is 16.4 Å². The summed E-state index contributed by atoms with van der Waals surface area (Å²) in [6.07, 6.45) is 1.53. The topological polar surface area (TPSA) is 71.1 Å². The quantitative estimate of drug-likeness (QED) is 0.892. The van der Waals surface area contributed by atoms with Crippen molar-refractivity contribution in [2.24, 2.45) is 0 Å². The first-order valence-corrected chi connectivity index (χ1v) is 7.11. The van der Waals surface area contributed by atoms with E-state index in [1.807, 2.05) is 19.1 Å². The average Bonchev–Trinajstić information content (AvgIpc) is 2.48. The first kappa shape index (κ1) is 15.2. The summed E-state index contributed by atoms with van der Waals surface area (Å²) in [6.45, 7) is 1.79. The highest BCUT2D eigenvalue weighted by Crippen LogP contribution is 2.19. The Bertz CT molecular complexity index is 659. The third-order valence-electron chi connectivity index (χ3n) is 2.77. The molecule has 0 aliphatic rings. The fourth-order valence-corrected chi connectivity index (χ4v) is 2.19. The predicted molar refractivity (Wildman–Crippen MR) is 84.1 cm³/mol. The Morgan fingerprint density at radius 2 is 2.05 bits per heavy atom. The number of aromatic nitrogens is 1. The lowest BCUT2D eigenvalue weighted by Gasteiger charge is -2.09. The molecule has 21 heavy (non-hydrogen) atoms. The second kappa shape index (κ2) is 6.99. The molecule has 2 rings (SSSR count). The molecule has 5 nitrogen and oxygen atoms in total. The van der Waals surface area contributed by atoms with Crippen LogP contribution in [0.15, 0.2) is 47.1 Å². The average molecular weight is 348 g/mol. The number of amides is 2. The molecular formula is C15H14BrN3O2. The second-order valence-corrected chi connectivity index (χ2v) is 5.32. The summed E-state index contributed by atoms with van der Waals surface area (Å²) in [5.74, 6) is -0.664. The molecule has 0 radical (unpaired) electrons. The summed E-state index contributed by atoms with van der Waals surface area (Å²) >= 11 is 3.36. The van der Waals surface area contributed by atoms with Gasteiger partial charge in [-0.3, -0.25) is 14.6 Å². The summed E-state index contributed by atoms with van der Waals surface area (Å²) in [7, 11) is 0. The molecule has 108 valence electrons. The first-order chi connectivity index (χ1) is 10.1. The van der Waals surface area contributed by atoms with Crippen LogP contribution in [0.5, 0.6) is 0 Å². The number of nitrogens with zero attached hydrogens (tertiary/aromatic N) is 1. The summed E-state index contributed by atoms with van der Waals surface area (Å²) in [5, 5.41) is 5.28. The standard InChI is InChI=1S/C15H14BrN3O2/c1-10-8-11(16)5-6-12(10)19-14(20)9-18-15(21)13-4-2-3-7-17-13/h2-8H,9H2,1H3,(H,18,21)(H,19,20). The van der Waals surface area contributed by atoms with E-state index in [4.69, 9.17) is 0 Å². The molecule has 1 aromatic carbocycles. The second-order valence-electron chi connectivity index (χ2n) is 4.41. The number of hydrogen-bond donors (Lipinski definition) is 2. The largest absolute Gasteiger partial charge is 0.342 e. The minimum absolute atomic E-state index is 0.106. The van der Waals surface area contributed by atoms with Crippen LogP contribution in [-0.2, 0) is 4.79 Å². The van der Waals surface area contributed by atoms with Crippen LogP contribution in [0.3, 0.4) is 0 Å². The van der Waals surface area contributed by atoms with E-state index < -0.39 is 0 Å². The van der Waals surface area contributed by atoms with E-state index in [0.29, 0.717) is 0 Å². The Morgan fingerprint density at radius 1 is 1.24 bits per heavy atom. The minimum atomic E-state index is -0.377. The van der Waals surface area contributed by atoms with Crippen molar-refractivity contribution in [2.75, 3.05) is 11.9 Å². The molecule has 0 fully saturated rings. The monoisotopic (exact) mass is 347 g/mol. The van der Waals surface area contributed by atoms with Gasteiger partial charge in [-0.2, -0.15) is 0 Å². The van der Waals surface area contributed by atoms with Crippen LogP contribution >= 0.6 is 15.9 Å². The zero-order valence-electron chi connectivity index (χ0n) is 11.4. The Morgan fingerprint density at radius 3 is 2.71 bits per heavy atom. The van der Waals surface area contributed by atoms with Gasteiger partial charge in [0.2, 0.25) is 5.91 Å². The molecule has 0 atom stereocenters. The van der Waals surface area contributed by atoms with E-state index in [2.05, 4.69) is 31.5 Å². The highest BCUT2D eigenvalue weighted by atomic mass is 79.9. The van der Waals surface area contributed by atoms with Gasteiger partial charge in [-0.1, -0.05) is 22.0 Å². The maximum absolute atomic E-state index is 11.8. The number of aryl methyl sites for hydroxylation is 1. The molecular weight excluding hydrogens is 334 g/mol. The minimum Gasteiger partial charge on any atom is -0.342 e. The molecule has 0 bridgehead atoms. The third-order valence-corrected chi connectivity index (χ3v) is 3.26. The highest BCUT2D eigenvalue weighted by Gasteiger charge is 2.09. The van der Waals surface area contributed by atoms with E-state index >= 15 is 0 Å². The van der Waals surface area contributed by atoms with Crippen LogP contribution in [-0.4, -0.2) is 23.3 Å². The Balaban J connectivity index is 1.89. The van der Waals surface area contributed by atoms with Crippen LogP contribution in [0.4, 0.5) is 5.69 Å². The summed E-state index contributed by atoms with van der Waals surface area (Å²) in [5.41, 5.74) is 1.94. The summed E-state index contributed by atoms with van der Waals surface area (Å²) in [4.78, 5) is 27.5. The lowest BCUT2D eigenvalue weighted by atomic mass is 10.2. The van der Waals surface area contributed by atoms with Gasteiger partial charge in [-0.15, -0.1) is 0 Å². The van der Waals surface area contributed by atoms with Crippen molar-refractivity contribution in [1.29, 1.82) is 0 Å². The van der Waals surface area contributed by atoms with Gasteiger partial charge in [0.25, 0.3) is 5.91 Å². The van der Waals surface area contributed by atoms with E-state index in [1.54, 1.807) is 24.3 Å². The van der Waals surface area contributed by atoms with Crippen LogP contribution in [0.25, 0.3) is 0 Å². The zero-order chi connectivity index (χ0) is 15.2. The van der Waals surface area contributed by atoms with Gasteiger partial charge < -0.3 is 10.6 Å². The van der Waals surface area contributed by atoms with Gasteiger partial charge in [0.05, 0.1) is 6.54 Å². The fourth-order valence-electron chi connectivity index (χ4n) is 1.71. The smallest absolute Gasteiger partial charge is 0.270 e. The third kappa shape index (κ3) is 4.39. The molecule has 2 amide bonds. The van der Waals surface area contributed by atoms with Gasteiger partial charge in [-0.05, 0) is 42.8 Å². The van der Waals surface area contributed by atoms with Gasteiger partial charge in [0.15, 0.2) is 0 Å². The number of pyridine rings is 1. The molecule has 0 spiro atoms. The van der Waals surface area contributed by atoms with Crippen LogP contribution in [0.1, 0.15) is 16.1 Å². The summed E-state index contributed by atoms with van der Waals surface area (Å²) < 4.78 is 0.946. The number of anilines is 1. The van der Waals surface area contributed by atoms with Crippen molar-refractivity contribution < 1.29 is 9.59 Å².